The number of anilines is 2. The summed E-state index contributed by atoms with van der Waals surface area (Å²) in [5, 5.41) is 16.5. The number of Topliss-reactive ketones (excluding diaryl/α,β-unsaturated/α-hetero) is 1. The number of nitrogens with zero attached hydrogens (tertiary/aromatic N) is 3. The molecule has 0 fully saturated rings. The Morgan fingerprint density at radius 2 is 2.16 bits per heavy atom. The van der Waals surface area contributed by atoms with Crippen LogP contribution in [-0.2, 0) is 7.05 Å². The molecule has 2 aromatic rings. The topological polar surface area (TPSA) is 97.1 Å². The molecule has 0 saturated carbocycles. The molecule has 0 aromatic carbocycles. The Hall–Kier alpha value is -2.22. The minimum atomic E-state index is -1.21. The lowest BCUT2D eigenvalue weighted by Crippen LogP contribution is -2.03. The van der Waals surface area contributed by atoms with E-state index in [4.69, 9.17) is 5.11 Å². The van der Waals surface area contributed by atoms with Crippen molar-refractivity contribution in [3.05, 3.63) is 22.5 Å². The van der Waals surface area contributed by atoms with E-state index in [0.717, 1.165) is 22.7 Å². The van der Waals surface area contributed by atoms with E-state index in [9.17, 15) is 9.59 Å². The molecular weight excluding hydrogens is 268 g/mol. The molecule has 0 amide bonds. The van der Waals surface area contributed by atoms with Gasteiger partial charge in [-0.1, -0.05) is 11.3 Å². The van der Waals surface area contributed by atoms with Crippen LogP contribution in [0.3, 0.4) is 0 Å². The van der Waals surface area contributed by atoms with E-state index in [0.29, 0.717) is 5.13 Å². The first-order chi connectivity index (χ1) is 8.88. The molecule has 0 spiro atoms. The zero-order valence-corrected chi connectivity index (χ0v) is 11.4. The van der Waals surface area contributed by atoms with Gasteiger partial charge in [-0.15, -0.1) is 0 Å². The summed E-state index contributed by atoms with van der Waals surface area (Å²) in [5.41, 5.74) is 1.27. The number of carbonyl (C=O) groups is 2. The number of hydrogen-bond donors (Lipinski definition) is 2. The van der Waals surface area contributed by atoms with Crippen LogP contribution in [0.25, 0.3) is 0 Å². The molecule has 2 heterocycles. The van der Waals surface area contributed by atoms with Gasteiger partial charge in [-0.25, -0.2) is 9.78 Å². The molecule has 0 aliphatic rings. The molecule has 0 radical (unpaired) electrons. The summed E-state index contributed by atoms with van der Waals surface area (Å²) in [4.78, 5) is 26.4. The van der Waals surface area contributed by atoms with Crippen molar-refractivity contribution >= 4 is 33.9 Å². The van der Waals surface area contributed by atoms with Gasteiger partial charge < -0.3 is 10.4 Å². The van der Waals surface area contributed by atoms with Crippen LogP contribution in [0.1, 0.15) is 32.8 Å². The molecule has 2 N–H and O–H groups in total. The van der Waals surface area contributed by atoms with Gasteiger partial charge in [0.05, 0.1) is 11.4 Å². The molecule has 0 aliphatic heterocycles. The number of hydrogen-bond acceptors (Lipinski definition) is 6. The summed E-state index contributed by atoms with van der Waals surface area (Å²) in [6.07, 6.45) is 1.75. The zero-order chi connectivity index (χ0) is 14.2. The normalized spacial score (nSPS) is 10.5. The summed E-state index contributed by atoms with van der Waals surface area (Å²) in [6.45, 7) is 3.14. The maximum Gasteiger partial charge on any atom is 0.356 e. The summed E-state index contributed by atoms with van der Waals surface area (Å²) < 4.78 is 1.63. The van der Waals surface area contributed by atoms with E-state index in [1.54, 1.807) is 17.9 Å². The fraction of sp³-hybridized carbons (Fsp3) is 0.273. The van der Waals surface area contributed by atoms with Crippen LogP contribution in [-0.4, -0.2) is 31.6 Å². The maximum absolute atomic E-state index is 11.4. The second kappa shape index (κ2) is 4.81. The lowest BCUT2D eigenvalue weighted by Gasteiger charge is -1.98. The highest BCUT2D eigenvalue weighted by atomic mass is 32.1. The number of rotatable bonds is 4. The second-order valence-corrected chi connectivity index (χ2v) is 4.98. The van der Waals surface area contributed by atoms with E-state index in [1.165, 1.54) is 6.92 Å². The number of nitrogens with one attached hydrogen (secondary N) is 1. The van der Waals surface area contributed by atoms with E-state index in [-0.39, 0.29) is 16.4 Å². The fourth-order valence-corrected chi connectivity index (χ4v) is 2.46. The molecule has 0 aliphatic carbocycles. The first-order valence-electron chi connectivity index (χ1n) is 5.41. The van der Waals surface area contributed by atoms with Gasteiger partial charge in [-0.2, -0.15) is 5.10 Å². The molecule has 0 atom stereocenters. The lowest BCUT2D eigenvalue weighted by molar-refractivity contribution is 0.0687. The van der Waals surface area contributed by atoms with Crippen LogP contribution in [0.4, 0.5) is 10.8 Å². The van der Waals surface area contributed by atoms with Gasteiger partial charge >= 0.3 is 5.97 Å². The van der Waals surface area contributed by atoms with Crippen molar-refractivity contribution in [2.24, 2.45) is 7.05 Å². The molecule has 7 nitrogen and oxygen atoms in total. The van der Waals surface area contributed by atoms with Crippen LogP contribution in [0.5, 0.6) is 0 Å². The van der Waals surface area contributed by atoms with Gasteiger partial charge in [0.15, 0.2) is 16.6 Å². The number of carboxylic acid groups (broad SMARTS) is 1. The van der Waals surface area contributed by atoms with E-state index < -0.39 is 5.97 Å². The summed E-state index contributed by atoms with van der Waals surface area (Å²) in [7, 11) is 1.78. The molecule has 2 rings (SSSR count). The van der Waals surface area contributed by atoms with Gasteiger partial charge in [-0.05, 0) is 6.92 Å². The molecule has 2 aromatic heterocycles. The van der Waals surface area contributed by atoms with Crippen molar-refractivity contribution in [2.75, 3.05) is 5.32 Å². The number of aromatic carboxylic acids is 1. The van der Waals surface area contributed by atoms with E-state index >= 15 is 0 Å². The predicted molar refractivity (Wildman–Crippen MR) is 70.3 cm³/mol. The van der Waals surface area contributed by atoms with Crippen LogP contribution in [0, 0.1) is 6.92 Å². The summed E-state index contributed by atoms with van der Waals surface area (Å²) in [5.74, 6) is -1.52. The first kappa shape index (κ1) is 13.2. The van der Waals surface area contributed by atoms with Crippen molar-refractivity contribution in [3.8, 4) is 0 Å². The lowest BCUT2D eigenvalue weighted by atomic mass is 10.3. The van der Waals surface area contributed by atoms with E-state index in [1.807, 2.05) is 6.92 Å². The number of thiazole rings is 1. The van der Waals surface area contributed by atoms with Crippen LogP contribution in [0.2, 0.25) is 0 Å². The Morgan fingerprint density at radius 3 is 2.58 bits per heavy atom. The quantitative estimate of drug-likeness (QED) is 0.829. The summed E-state index contributed by atoms with van der Waals surface area (Å²) >= 11 is 1.02. The smallest absolute Gasteiger partial charge is 0.356 e. The second-order valence-electron chi connectivity index (χ2n) is 3.98. The van der Waals surface area contributed by atoms with Crippen LogP contribution < -0.4 is 5.32 Å². The largest absolute Gasteiger partial charge is 0.476 e. The Labute approximate surface area is 112 Å². The standard InChI is InChI=1S/C11H12N4O3S/c1-5-7(4-15(3)14-5)12-11-13-8(10(17)18)9(19-11)6(2)16/h4H,1-3H3,(H,12,13)(H,17,18). The van der Waals surface area contributed by atoms with Crippen molar-refractivity contribution in [1.82, 2.24) is 14.8 Å². The third-order valence-electron chi connectivity index (χ3n) is 2.40. The minimum absolute atomic E-state index is 0.136. The maximum atomic E-state index is 11.4. The van der Waals surface area contributed by atoms with Crippen molar-refractivity contribution in [2.45, 2.75) is 13.8 Å². The van der Waals surface area contributed by atoms with Gasteiger partial charge in [0, 0.05) is 20.2 Å². The zero-order valence-electron chi connectivity index (χ0n) is 10.6. The Kier molecular flexibility index (Phi) is 3.34. The highest BCUT2D eigenvalue weighted by Gasteiger charge is 2.21. The number of aryl methyl sites for hydroxylation is 2. The third-order valence-corrected chi connectivity index (χ3v) is 3.48. The third kappa shape index (κ3) is 2.63. The Balaban J connectivity index is 2.36. The van der Waals surface area contributed by atoms with Gasteiger partial charge in [0.1, 0.15) is 4.88 Å². The molecule has 0 bridgehead atoms. The van der Waals surface area contributed by atoms with Crippen LogP contribution >= 0.6 is 11.3 Å². The predicted octanol–water partition coefficient (Wildman–Crippen LogP) is 1.83. The van der Waals surface area contributed by atoms with Crippen LogP contribution in [0.15, 0.2) is 6.20 Å². The average Bonchev–Trinajstić information content (AvgIpc) is 2.84. The Bertz CT molecular complexity index is 627. The summed E-state index contributed by atoms with van der Waals surface area (Å²) in [6, 6.07) is 0. The monoisotopic (exact) mass is 280 g/mol. The molecule has 8 heteroatoms. The molecule has 19 heavy (non-hydrogen) atoms. The van der Waals surface area contributed by atoms with Gasteiger partial charge in [0.2, 0.25) is 0 Å². The first-order valence-corrected chi connectivity index (χ1v) is 6.22. The van der Waals surface area contributed by atoms with Crippen molar-refractivity contribution in [1.29, 1.82) is 0 Å². The van der Waals surface area contributed by atoms with Crippen molar-refractivity contribution < 1.29 is 14.7 Å². The van der Waals surface area contributed by atoms with Gasteiger partial charge in [-0.3, -0.25) is 9.48 Å². The number of carbonyl (C=O) groups excluding carboxylic acids is 1. The van der Waals surface area contributed by atoms with Crippen molar-refractivity contribution in [3.63, 3.8) is 0 Å². The molecule has 100 valence electrons. The average molecular weight is 280 g/mol. The number of aromatic nitrogens is 3. The highest BCUT2D eigenvalue weighted by molar-refractivity contribution is 7.17. The number of ketones is 1. The Morgan fingerprint density at radius 1 is 1.47 bits per heavy atom. The highest BCUT2D eigenvalue weighted by Crippen LogP contribution is 2.27. The van der Waals surface area contributed by atoms with Gasteiger partial charge in [0.25, 0.3) is 0 Å². The SMILES string of the molecule is CC(=O)c1sc(Nc2cn(C)nc2C)nc1C(=O)O. The number of carboxylic acids is 1. The molecule has 0 unspecified atom stereocenters. The minimum Gasteiger partial charge on any atom is -0.476 e. The molecular formula is C11H12N4O3S. The molecule has 0 saturated heterocycles. The fourth-order valence-electron chi connectivity index (χ4n) is 1.59. The van der Waals surface area contributed by atoms with E-state index in [2.05, 4.69) is 15.4 Å².